The molecule has 2 saturated heterocycles. The molecule has 1 aromatic rings. The molecule has 3 rings (SSSR count). The Hall–Kier alpha value is -1.37. The van der Waals surface area contributed by atoms with Crippen LogP contribution in [0.15, 0.2) is 24.3 Å². The highest BCUT2D eigenvalue weighted by molar-refractivity contribution is 5.32. The van der Waals surface area contributed by atoms with Crippen molar-refractivity contribution in [3.05, 3.63) is 35.4 Å². The number of nitrogens with zero attached hydrogens (tertiary/aromatic N) is 2. The second kappa shape index (κ2) is 5.32. The Morgan fingerprint density at radius 2 is 1.95 bits per heavy atom. The summed E-state index contributed by atoms with van der Waals surface area (Å²) < 4.78 is 0. The van der Waals surface area contributed by atoms with E-state index in [1.54, 1.807) is 0 Å². The molecule has 2 bridgehead atoms. The van der Waals surface area contributed by atoms with Crippen LogP contribution in [-0.4, -0.2) is 30.1 Å². The minimum Gasteiger partial charge on any atom is -0.310 e. The van der Waals surface area contributed by atoms with Gasteiger partial charge in [0.25, 0.3) is 0 Å². The summed E-state index contributed by atoms with van der Waals surface area (Å²) in [5, 5.41) is 12.6. The predicted octanol–water partition coefficient (Wildman–Crippen LogP) is 2.45. The lowest BCUT2D eigenvalue weighted by atomic mass is 10.0. The van der Waals surface area contributed by atoms with Crippen LogP contribution < -0.4 is 5.32 Å². The second-order valence-corrected chi connectivity index (χ2v) is 5.83. The van der Waals surface area contributed by atoms with E-state index in [0.29, 0.717) is 12.1 Å². The zero-order valence-corrected chi connectivity index (χ0v) is 11.5. The Morgan fingerprint density at radius 3 is 2.68 bits per heavy atom. The number of likely N-dealkylation sites (tertiary alicyclic amines) is 1. The Balaban J connectivity index is 1.72. The Morgan fingerprint density at radius 1 is 1.21 bits per heavy atom. The maximum atomic E-state index is 8.86. The third kappa shape index (κ3) is 2.65. The van der Waals surface area contributed by atoms with Gasteiger partial charge in [0.2, 0.25) is 0 Å². The second-order valence-electron chi connectivity index (χ2n) is 5.83. The topological polar surface area (TPSA) is 39.1 Å². The Kier molecular flexibility index (Phi) is 3.54. The standard InChI is InChI=1S/C16H21N3/c1-12(14-4-2-13(10-17)3-5-14)19-9-8-15-6-7-16(11-19)18-15/h2-5,12,15-16,18H,6-9,11H2,1H3. The highest BCUT2D eigenvalue weighted by atomic mass is 15.2. The normalized spacial score (nSPS) is 28.6. The number of nitrogens with one attached hydrogen (secondary N) is 1. The Labute approximate surface area is 115 Å². The van der Waals surface area contributed by atoms with Crippen LogP contribution >= 0.6 is 0 Å². The van der Waals surface area contributed by atoms with Gasteiger partial charge in [-0.05, 0) is 43.9 Å². The lowest BCUT2D eigenvalue weighted by Gasteiger charge is -2.30. The average Bonchev–Trinajstić information content (AvgIpc) is 2.78. The fourth-order valence-corrected chi connectivity index (χ4v) is 3.37. The van der Waals surface area contributed by atoms with Crippen LogP contribution in [0.4, 0.5) is 0 Å². The zero-order chi connectivity index (χ0) is 13.2. The lowest BCUT2D eigenvalue weighted by molar-refractivity contribution is 0.200. The van der Waals surface area contributed by atoms with Crippen molar-refractivity contribution in [3.8, 4) is 6.07 Å². The number of hydrogen-bond donors (Lipinski definition) is 1. The first-order valence-electron chi connectivity index (χ1n) is 7.26. The molecule has 1 aromatic carbocycles. The number of hydrogen-bond acceptors (Lipinski definition) is 3. The summed E-state index contributed by atoms with van der Waals surface area (Å²) in [7, 11) is 0. The lowest BCUT2D eigenvalue weighted by Crippen LogP contribution is -2.36. The van der Waals surface area contributed by atoms with E-state index in [1.807, 2.05) is 12.1 Å². The largest absolute Gasteiger partial charge is 0.310 e. The van der Waals surface area contributed by atoms with E-state index in [-0.39, 0.29) is 0 Å². The summed E-state index contributed by atoms with van der Waals surface area (Å²) in [6.45, 7) is 4.60. The number of benzene rings is 1. The molecule has 0 aromatic heterocycles. The molecule has 0 amide bonds. The van der Waals surface area contributed by atoms with E-state index >= 15 is 0 Å². The third-order valence-corrected chi connectivity index (χ3v) is 4.62. The molecule has 3 unspecified atom stereocenters. The van der Waals surface area contributed by atoms with Crippen LogP contribution in [0.5, 0.6) is 0 Å². The van der Waals surface area contributed by atoms with E-state index in [9.17, 15) is 0 Å². The predicted molar refractivity (Wildman–Crippen MR) is 75.7 cm³/mol. The number of fused-ring (bicyclic) bond motifs is 2. The summed E-state index contributed by atoms with van der Waals surface area (Å²) in [5.74, 6) is 0. The van der Waals surface area contributed by atoms with E-state index in [4.69, 9.17) is 5.26 Å². The number of nitriles is 1. The fraction of sp³-hybridized carbons (Fsp3) is 0.562. The summed E-state index contributed by atoms with van der Waals surface area (Å²) in [5.41, 5.74) is 2.06. The van der Waals surface area contributed by atoms with Gasteiger partial charge in [0, 0.05) is 31.2 Å². The Bertz CT molecular complexity index is 474. The van der Waals surface area contributed by atoms with E-state index < -0.39 is 0 Å². The number of rotatable bonds is 2. The van der Waals surface area contributed by atoms with Gasteiger partial charge in [0.1, 0.15) is 0 Å². The van der Waals surface area contributed by atoms with E-state index in [0.717, 1.165) is 18.2 Å². The highest BCUT2D eigenvalue weighted by Gasteiger charge is 2.31. The molecule has 3 heteroatoms. The van der Waals surface area contributed by atoms with Crippen molar-refractivity contribution in [2.75, 3.05) is 13.1 Å². The summed E-state index contributed by atoms with van der Waals surface area (Å²) in [4.78, 5) is 2.58. The molecule has 3 nitrogen and oxygen atoms in total. The summed E-state index contributed by atoms with van der Waals surface area (Å²) in [6, 6.07) is 12.1. The molecule has 0 saturated carbocycles. The van der Waals surface area contributed by atoms with Gasteiger partial charge in [-0.3, -0.25) is 4.90 Å². The molecule has 1 N–H and O–H groups in total. The molecule has 100 valence electrons. The first-order valence-corrected chi connectivity index (χ1v) is 7.26. The molecule has 2 heterocycles. The van der Waals surface area contributed by atoms with Gasteiger partial charge in [-0.15, -0.1) is 0 Å². The third-order valence-electron chi connectivity index (χ3n) is 4.62. The summed E-state index contributed by atoms with van der Waals surface area (Å²) in [6.07, 6.45) is 3.93. The zero-order valence-electron chi connectivity index (χ0n) is 11.5. The molecule has 2 aliphatic rings. The van der Waals surface area contributed by atoms with Gasteiger partial charge < -0.3 is 5.32 Å². The molecule has 19 heavy (non-hydrogen) atoms. The average molecular weight is 255 g/mol. The molecule has 0 spiro atoms. The molecule has 2 aliphatic heterocycles. The summed E-state index contributed by atoms with van der Waals surface area (Å²) >= 11 is 0. The van der Waals surface area contributed by atoms with Crippen LogP contribution in [0.3, 0.4) is 0 Å². The maximum Gasteiger partial charge on any atom is 0.0991 e. The van der Waals surface area contributed by atoms with Gasteiger partial charge in [-0.2, -0.15) is 5.26 Å². The van der Waals surface area contributed by atoms with Crippen molar-refractivity contribution in [2.24, 2.45) is 0 Å². The van der Waals surface area contributed by atoms with Crippen LogP contribution in [0.2, 0.25) is 0 Å². The minimum atomic E-state index is 0.439. The fourth-order valence-electron chi connectivity index (χ4n) is 3.37. The molecule has 0 radical (unpaired) electrons. The van der Waals surface area contributed by atoms with Gasteiger partial charge in [0.05, 0.1) is 11.6 Å². The van der Waals surface area contributed by atoms with Crippen molar-refractivity contribution in [2.45, 2.75) is 44.3 Å². The molecular weight excluding hydrogens is 234 g/mol. The van der Waals surface area contributed by atoms with Gasteiger partial charge in [0.15, 0.2) is 0 Å². The minimum absolute atomic E-state index is 0.439. The van der Waals surface area contributed by atoms with E-state index in [1.165, 1.54) is 31.4 Å². The maximum absolute atomic E-state index is 8.86. The van der Waals surface area contributed by atoms with Crippen LogP contribution in [0.25, 0.3) is 0 Å². The van der Waals surface area contributed by atoms with Crippen molar-refractivity contribution in [1.82, 2.24) is 10.2 Å². The van der Waals surface area contributed by atoms with Crippen molar-refractivity contribution >= 4 is 0 Å². The first kappa shape index (κ1) is 12.7. The van der Waals surface area contributed by atoms with E-state index in [2.05, 4.69) is 35.3 Å². The smallest absolute Gasteiger partial charge is 0.0991 e. The quantitative estimate of drug-likeness (QED) is 0.882. The molecule has 0 aliphatic carbocycles. The highest BCUT2D eigenvalue weighted by Crippen LogP contribution is 2.27. The van der Waals surface area contributed by atoms with Crippen LogP contribution in [0, 0.1) is 11.3 Å². The van der Waals surface area contributed by atoms with Gasteiger partial charge in [-0.25, -0.2) is 0 Å². The van der Waals surface area contributed by atoms with Crippen molar-refractivity contribution in [3.63, 3.8) is 0 Å². The molecular formula is C16H21N3. The molecule has 2 fully saturated rings. The van der Waals surface area contributed by atoms with Crippen molar-refractivity contribution < 1.29 is 0 Å². The van der Waals surface area contributed by atoms with Gasteiger partial charge in [-0.1, -0.05) is 12.1 Å². The first-order chi connectivity index (χ1) is 9.26. The SMILES string of the molecule is CC(c1ccc(C#N)cc1)N1CCC2CCC(C1)N2. The molecule has 3 atom stereocenters. The van der Waals surface area contributed by atoms with Crippen LogP contribution in [0.1, 0.15) is 43.4 Å². The monoisotopic (exact) mass is 255 g/mol. The van der Waals surface area contributed by atoms with Gasteiger partial charge >= 0.3 is 0 Å². The van der Waals surface area contributed by atoms with Crippen molar-refractivity contribution in [1.29, 1.82) is 5.26 Å². The van der Waals surface area contributed by atoms with Crippen LogP contribution in [-0.2, 0) is 0 Å².